The molecule has 0 saturated carbocycles. The highest BCUT2D eigenvalue weighted by molar-refractivity contribution is 7.90. The molecule has 0 heterocycles. The third-order valence-electron chi connectivity index (χ3n) is 2.05. The quantitative estimate of drug-likeness (QED) is 0.742. The summed E-state index contributed by atoms with van der Waals surface area (Å²) in [6.45, 7) is 0.216. The summed E-state index contributed by atoms with van der Waals surface area (Å²) < 4.78 is 22.4. The van der Waals surface area contributed by atoms with Crippen LogP contribution in [0.15, 0.2) is 23.1 Å². The van der Waals surface area contributed by atoms with Crippen LogP contribution in [-0.2, 0) is 9.84 Å². The molecule has 0 aliphatic carbocycles. The standard InChI is InChI=1S/C10H13NO4S/c1-16(14,15)10-3-2-7(6-9(10)13)8(12)4-5-11/h2-3,6,13H,4-5,11H2,1H3. The van der Waals surface area contributed by atoms with Crippen LogP contribution in [0, 0.1) is 0 Å². The molecule has 6 heteroatoms. The Balaban J connectivity index is 3.14. The largest absolute Gasteiger partial charge is 0.507 e. The van der Waals surface area contributed by atoms with E-state index in [9.17, 15) is 18.3 Å². The summed E-state index contributed by atoms with van der Waals surface area (Å²) in [7, 11) is -3.47. The fraction of sp³-hybridized carbons (Fsp3) is 0.300. The molecular weight excluding hydrogens is 230 g/mol. The van der Waals surface area contributed by atoms with E-state index < -0.39 is 15.6 Å². The van der Waals surface area contributed by atoms with Gasteiger partial charge in [0.25, 0.3) is 0 Å². The van der Waals surface area contributed by atoms with Crippen LogP contribution in [0.3, 0.4) is 0 Å². The van der Waals surface area contributed by atoms with Gasteiger partial charge < -0.3 is 10.8 Å². The lowest BCUT2D eigenvalue weighted by molar-refractivity contribution is 0.0985. The Bertz CT molecular complexity index is 508. The van der Waals surface area contributed by atoms with Crippen molar-refractivity contribution in [1.82, 2.24) is 0 Å². The molecule has 0 unspecified atom stereocenters. The minimum atomic E-state index is -3.47. The second-order valence-electron chi connectivity index (χ2n) is 3.42. The number of ketones is 1. The van der Waals surface area contributed by atoms with Crippen molar-refractivity contribution in [2.24, 2.45) is 5.73 Å². The van der Waals surface area contributed by atoms with Crippen molar-refractivity contribution in [3.8, 4) is 5.75 Å². The van der Waals surface area contributed by atoms with Gasteiger partial charge in [-0.1, -0.05) is 0 Å². The Hall–Kier alpha value is -1.40. The van der Waals surface area contributed by atoms with Gasteiger partial charge in [-0.2, -0.15) is 0 Å². The van der Waals surface area contributed by atoms with Gasteiger partial charge >= 0.3 is 0 Å². The minimum Gasteiger partial charge on any atom is -0.507 e. The van der Waals surface area contributed by atoms with Gasteiger partial charge in [-0.3, -0.25) is 4.79 Å². The molecule has 0 aliphatic heterocycles. The highest BCUT2D eigenvalue weighted by Crippen LogP contribution is 2.24. The molecule has 5 nitrogen and oxygen atoms in total. The zero-order valence-electron chi connectivity index (χ0n) is 8.80. The summed E-state index contributed by atoms with van der Waals surface area (Å²) in [5.74, 6) is -0.636. The van der Waals surface area contributed by atoms with Gasteiger partial charge in [-0.25, -0.2) is 8.42 Å². The van der Waals surface area contributed by atoms with Crippen LogP contribution in [0.4, 0.5) is 0 Å². The molecule has 0 aliphatic rings. The highest BCUT2D eigenvalue weighted by atomic mass is 32.2. The second kappa shape index (κ2) is 4.63. The van der Waals surface area contributed by atoms with E-state index in [1.807, 2.05) is 0 Å². The van der Waals surface area contributed by atoms with Crippen LogP contribution in [0.5, 0.6) is 5.75 Å². The Kier molecular flexibility index (Phi) is 3.66. The molecule has 16 heavy (non-hydrogen) atoms. The number of aromatic hydroxyl groups is 1. The molecule has 88 valence electrons. The topological polar surface area (TPSA) is 97.5 Å². The van der Waals surface area contributed by atoms with Crippen molar-refractivity contribution >= 4 is 15.6 Å². The maximum Gasteiger partial charge on any atom is 0.179 e. The van der Waals surface area contributed by atoms with E-state index >= 15 is 0 Å². The van der Waals surface area contributed by atoms with Crippen LogP contribution in [0.2, 0.25) is 0 Å². The fourth-order valence-corrected chi connectivity index (χ4v) is 2.03. The third kappa shape index (κ3) is 2.80. The lowest BCUT2D eigenvalue weighted by Gasteiger charge is -2.04. The van der Waals surface area contributed by atoms with Crippen molar-refractivity contribution in [2.45, 2.75) is 11.3 Å². The maximum atomic E-state index is 11.4. The number of carbonyl (C=O) groups is 1. The lowest BCUT2D eigenvalue weighted by Crippen LogP contribution is -2.08. The average molecular weight is 243 g/mol. The Morgan fingerprint density at radius 3 is 2.50 bits per heavy atom. The van der Waals surface area contributed by atoms with Gasteiger partial charge in [0.05, 0.1) is 0 Å². The summed E-state index contributed by atoms with van der Waals surface area (Å²) in [6, 6.07) is 3.73. The van der Waals surface area contributed by atoms with E-state index in [4.69, 9.17) is 5.73 Å². The van der Waals surface area contributed by atoms with E-state index in [2.05, 4.69) is 0 Å². The molecule has 0 atom stereocenters. The van der Waals surface area contributed by atoms with Gasteiger partial charge in [0, 0.05) is 18.2 Å². The molecule has 1 aromatic carbocycles. The molecule has 0 amide bonds. The molecule has 3 N–H and O–H groups in total. The van der Waals surface area contributed by atoms with Gasteiger partial charge in [-0.05, 0) is 24.7 Å². The van der Waals surface area contributed by atoms with E-state index in [1.165, 1.54) is 12.1 Å². The number of hydrogen-bond donors (Lipinski definition) is 2. The SMILES string of the molecule is CS(=O)(=O)c1ccc(C(=O)CCN)cc1O. The smallest absolute Gasteiger partial charge is 0.179 e. The van der Waals surface area contributed by atoms with Gasteiger partial charge in [0.1, 0.15) is 10.6 Å². The van der Waals surface area contributed by atoms with Crippen LogP contribution in [-0.4, -0.2) is 32.1 Å². The van der Waals surface area contributed by atoms with E-state index in [0.29, 0.717) is 0 Å². The first kappa shape index (κ1) is 12.7. The summed E-state index contributed by atoms with van der Waals surface area (Å²) in [5.41, 5.74) is 5.48. The molecule has 0 bridgehead atoms. The van der Waals surface area contributed by atoms with E-state index in [1.54, 1.807) is 0 Å². The van der Waals surface area contributed by atoms with Crippen LogP contribution in [0.25, 0.3) is 0 Å². The van der Waals surface area contributed by atoms with Crippen LogP contribution >= 0.6 is 0 Å². The Morgan fingerprint density at radius 2 is 2.06 bits per heavy atom. The van der Waals surface area contributed by atoms with Gasteiger partial charge in [0.2, 0.25) is 0 Å². The third-order valence-corrected chi connectivity index (χ3v) is 3.20. The first-order valence-electron chi connectivity index (χ1n) is 4.62. The lowest BCUT2D eigenvalue weighted by atomic mass is 10.1. The first-order valence-corrected chi connectivity index (χ1v) is 6.51. The summed E-state index contributed by atoms with van der Waals surface area (Å²) in [4.78, 5) is 11.2. The van der Waals surface area contributed by atoms with E-state index in [0.717, 1.165) is 12.3 Å². The van der Waals surface area contributed by atoms with Crippen molar-refractivity contribution in [2.75, 3.05) is 12.8 Å². The average Bonchev–Trinajstić information content (AvgIpc) is 2.16. The number of sulfone groups is 1. The first-order chi connectivity index (χ1) is 7.36. The predicted octanol–water partition coefficient (Wildman–Crippen LogP) is 0.327. The Morgan fingerprint density at radius 1 is 1.44 bits per heavy atom. The van der Waals surface area contributed by atoms with Gasteiger partial charge in [-0.15, -0.1) is 0 Å². The summed E-state index contributed by atoms with van der Waals surface area (Å²) in [5, 5.41) is 9.48. The molecule has 1 aromatic rings. The maximum absolute atomic E-state index is 11.4. The molecule has 0 saturated heterocycles. The number of Topliss-reactive ketones (excluding diaryl/α,β-unsaturated/α-hetero) is 1. The Labute approximate surface area is 93.8 Å². The van der Waals surface area contributed by atoms with Crippen molar-refractivity contribution in [3.63, 3.8) is 0 Å². The molecule has 0 aromatic heterocycles. The molecule has 0 radical (unpaired) electrons. The molecule has 0 spiro atoms. The fourth-order valence-electron chi connectivity index (χ4n) is 1.28. The minimum absolute atomic E-state index is 0.164. The van der Waals surface area contributed by atoms with Gasteiger partial charge in [0.15, 0.2) is 15.6 Å². The zero-order valence-corrected chi connectivity index (χ0v) is 9.62. The zero-order chi connectivity index (χ0) is 12.3. The number of hydrogen-bond acceptors (Lipinski definition) is 5. The number of nitrogens with two attached hydrogens (primary N) is 1. The number of rotatable bonds is 4. The predicted molar refractivity (Wildman–Crippen MR) is 59.2 cm³/mol. The van der Waals surface area contributed by atoms with E-state index in [-0.39, 0.29) is 29.2 Å². The monoisotopic (exact) mass is 243 g/mol. The van der Waals surface area contributed by atoms with Crippen LogP contribution < -0.4 is 5.73 Å². The molecule has 0 fully saturated rings. The number of carbonyl (C=O) groups excluding carboxylic acids is 1. The highest BCUT2D eigenvalue weighted by Gasteiger charge is 2.15. The van der Waals surface area contributed by atoms with Crippen molar-refractivity contribution in [1.29, 1.82) is 0 Å². The van der Waals surface area contributed by atoms with Crippen molar-refractivity contribution in [3.05, 3.63) is 23.8 Å². The summed E-state index contributed by atoms with van der Waals surface area (Å²) in [6.07, 6.45) is 1.15. The van der Waals surface area contributed by atoms with Crippen molar-refractivity contribution < 1.29 is 18.3 Å². The summed E-state index contributed by atoms with van der Waals surface area (Å²) >= 11 is 0. The number of phenols is 1. The normalized spacial score (nSPS) is 11.4. The molecule has 1 rings (SSSR count). The molecular formula is C10H13NO4S. The number of benzene rings is 1. The second-order valence-corrected chi connectivity index (χ2v) is 5.40. The number of phenolic OH excluding ortho intramolecular Hbond substituents is 1. The van der Waals surface area contributed by atoms with Crippen LogP contribution in [0.1, 0.15) is 16.8 Å².